The van der Waals surface area contributed by atoms with Crippen molar-refractivity contribution in [3.8, 4) is 11.5 Å². The van der Waals surface area contributed by atoms with Gasteiger partial charge in [0.1, 0.15) is 0 Å². The number of carbonyl (C=O) groups excluding carboxylic acids is 1. The molecule has 2 heterocycles. The summed E-state index contributed by atoms with van der Waals surface area (Å²) in [6.07, 6.45) is 1.90. The minimum absolute atomic E-state index is 0.0176. The van der Waals surface area contributed by atoms with Crippen LogP contribution in [0.5, 0.6) is 11.5 Å². The number of nitrogens with zero attached hydrogens (tertiary/aromatic N) is 1. The highest BCUT2D eigenvalue weighted by Crippen LogP contribution is 2.44. The van der Waals surface area contributed by atoms with Crippen LogP contribution < -0.4 is 9.47 Å². The Labute approximate surface area is 135 Å². The summed E-state index contributed by atoms with van der Waals surface area (Å²) in [4.78, 5) is 14.7. The van der Waals surface area contributed by atoms with Gasteiger partial charge in [-0.25, -0.2) is 0 Å². The maximum absolute atomic E-state index is 12.7. The highest BCUT2D eigenvalue weighted by molar-refractivity contribution is 6.00. The molecule has 1 amide bonds. The van der Waals surface area contributed by atoms with Gasteiger partial charge in [0, 0.05) is 12.1 Å². The number of methoxy groups -OCH3 is 2. The van der Waals surface area contributed by atoms with Crippen LogP contribution in [-0.4, -0.2) is 31.6 Å². The minimum atomic E-state index is -0.0176. The van der Waals surface area contributed by atoms with E-state index in [9.17, 15) is 4.79 Å². The SMILES string of the molecule is COc1cc2c(cc1OC)C1c3ccccc3C(=O)N1CCC2. The van der Waals surface area contributed by atoms with Gasteiger partial charge in [-0.3, -0.25) is 4.79 Å². The molecule has 2 aromatic rings. The van der Waals surface area contributed by atoms with Gasteiger partial charge in [-0.2, -0.15) is 0 Å². The Kier molecular flexibility index (Phi) is 3.26. The molecule has 0 saturated carbocycles. The zero-order valence-electron chi connectivity index (χ0n) is 13.3. The lowest BCUT2D eigenvalue weighted by atomic mass is 9.93. The average Bonchev–Trinajstić information content (AvgIpc) is 2.76. The van der Waals surface area contributed by atoms with E-state index in [1.54, 1.807) is 14.2 Å². The lowest BCUT2D eigenvalue weighted by Gasteiger charge is -2.25. The predicted octanol–water partition coefficient (Wildman–Crippen LogP) is 3.20. The van der Waals surface area contributed by atoms with Gasteiger partial charge in [0.05, 0.1) is 20.3 Å². The van der Waals surface area contributed by atoms with Crippen LogP contribution in [0.15, 0.2) is 36.4 Å². The van der Waals surface area contributed by atoms with Crippen molar-refractivity contribution in [1.82, 2.24) is 4.90 Å². The smallest absolute Gasteiger partial charge is 0.255 e. The molecule has 4 nitrogen and oxygen atoms in total. The molecule has 0 radical (unpaired) electrons. The third-order valence-corrected chi connectivity index (χ3v) is 4.84. The van der Waals surface area contributed by atoms with E-state index in [1.165, 1.54) is 5.56 Å². The summed E-state index contributed by atoms with van der Waals surface area (Å²) in [6.45, 7) is 0.775. The van der Waals surface area contributed by atoms with Crippen molar-refractivity contribution in [1.29, 1.82) is 0 Å². The molecule has 2 aliphatic heterocycles. The zero-order chi connectivity index (χ0) is 16.0. The molecule has 0 aromatic heterocycles. The van der Waals surface area contributed by atoms with Gasteiger partial charge in [-0.15, -0.1) is 0 Å². The van der Waals surface area contributed by atoms with Crippen LogP contribution >= 0.6 is 0 Å². The average molecular weight is 309 g/mol. The lowest BCUT2D eigenvalue weighted by molar-refractivity contribution is 0.0752. The van der Waals surface area contributed by atoms with Crippen molar-refractivity contribution in [2.24, 2.45) is 0 Å². The maximum Gasteiger partial charge on any atom is 0.255 e. The van der Waals surface area contributed by atoms with E-state index >= 15 is 0 Å². The Morgan fingerprint density at radius 1 is 1.04 bits per heavy atom. The van der Waals surface area contributed by atoms with Gasteiger partial charge < -0.3 is 14.4 Å². The molecular weight excluding hydrogens is 290 g/mol. The van der Waals surface area contributed by atoms with Crippen LogP contribution in [0, 0.1) is 0 Å². The van der Waals surface area contributed by atoms with Crippen molar-refractivity contribution < 1.29 is 14.3 Å². The summed E-state index contributed by atoms with van der Waals surface area (Å²) in [5.41, 5.74) is 4.30. The number of aryl methyl sites for hydroxylation is 1. The van der Waals surface area contributed by atoms with Gasteiger partial charge in [0.2, 0.25) is 0 Å². The van der Waals surface area contributed by atoms with Crippen LogP contribution in [0.2, 0.25) is 0 Å². The first kappa shape index (κ1) is 14.1. The number of hydrogen-bond donors (Lipinski definition) is 0. The number of rotatable bonds is 2. The normalized spacial score (nSPS) is 18.8. The zero-order valence-corrected chi connectivity index (χ0v) is 13.3. The predicted molar refractivity (Wildman–Crippen MR) is 87.2 cm³/mol. The van der Waals surface area contributed by atoms with Crippen LogP contribution in [0.1, 0.15) is 39.5 Å². The first-order chi connectivity index (χ1) is 11.2. The molecule has 4 heteroatoms. The summed E-state index contributed by atoms with van der Waals surface area (Å²) in [5, 5.41) is 0. The maximum atomic E-state index is 12.7. The summed E-state index contributed by atoms with van der Waals surface area (Å²) in [7, 11) is 3.30. The van der Waals surface area contributed by atoms with Crippen LogP contribution in [0.3, 0.4) is 0 Å². The fourth-order valence-corrected chi connectivity index (χ4v) is 3.78. The molecule has 0 spiro atoms. The van der Waals surface area contributed by atoms with Crippen LogP contribution in [0.25, 0.3) is 0 Å². The van der Waals surface area contributed by atoms with Gasteiger partial charge in [0.15, 0.2) is 11.5 Å². The topological polar surface area (TPSA) is 38.8 Å². The van der Waals surface area contributed by atoms with E-state index in [4.69, 9.17) is 9.47 Å². The molecule has 2 aromatic carbocycles. The Hall–Kier alpha value is -2.49. The third kappa shape index (κ3) is 2.01. The van der Waals surface area contributed by atoms with E-state index in [1.807, 2.05) is 29.2 Å². The number of ether oxygens (including phenoxy) is 2. The number of carbonyl (C=O) groups is 1. The monoisotopic (exact) mass is 309 g/mol. The second kappa shape index (κ2) is 5.30. The van der Waals surface area contributed by atoms with E-state index < -0.39 is 0 Å². The molecule has 23 heavy (non-hydrogen) atoms. The third-order valence-electron chi connectivity index (χ3n) is 4.84. The Bertz CT molecular complexity index is 784. The second-order valence-corrected chi connectivity index (χ2v) is 6.00. The van der Waals surface area contributed by atoms with Crippen molar-refractivity contribution in [3.05, 3.63) is 58.7 Å². The Morgan fingerprint density at radius 3 is 2.57 bits per heavy atom. The summed E-state index contributed by atoms with van der Waals surface area (Å²) in [6, 6.07) is 12.0. The second-order valence-electron chi connectivity index (χ2n) is 6.00. The van der Waals surface area contributed by atoms with Gasteiger partial charge >= 0.3 is 0 Å². The van der Waals surface area contributed by atoms with Gasteiger partial charge in [0.25, 0.3) is 5.91 Å². The van der Waals surface area contributed by atoms with Crippen molar-refractivity contribution in [2.75, 3.05) is 20.8 Å². The number of hydrogen-bond acceptors (Lipinski definition) is 3. The molecule has 0 fully saturated rings. The van der Waals surface area contributed by atoms with E-state index in [-0.39, 0.29) is 11.9 Å². The minimum Gasteiger partial charge on any atom is -0.493 e. The lowest BCUT2D eigenvalue weighted by Crippen LogP contribution is -2.28. The molecule has 1 atom stereocenters. The fraction of sp³-hybridized carbons (Fsp3) is 0.316. The molecule has 2 aliphatic rings. The molecule has 4 rings (SSSR count). The molecule has 0 N–H and O–H groups in total. The largest absolute Gasteiger partial charge is 0.493 e. The van der Waals surface area contributed by atoms with Crippen LogP contribution in [0.4, 0.5) is 0 Å². The summed E-state index contributed by atoms with van der Waals surface area (Å²) < 4.78 is 10.9. The summed E-state index contributed by atoms with van der Waals surface area (Å²) >= 11 is 0. The Balaban J connectivity index is 1.94. The fourth-order valence-electron chi connectivity index (χ4n) is 3.78. The summed E-state index contributed by atoms with van der Waals surface area (Å²) in [5.74, 6) is 1.59. The molecule has 0 aliphatic carbocycles. The highest BCUT2D eigenvalue weighted by atomic mass is 16.5. The van der Waals surface area contributed by atoms with Crippen molar-refractivity contribution in [2.45, 2.75) is 18.9 Å². The molecule has 0 saturated heterocycles. The first-order valence-electron chi connectivity index (χ1n) is 7.89. The Morgan fingerprint density at radius 2 is 1.78 bits per heavy atom. The van der Waals surface area contributed by atoms with E-state index in [0.717, 1.165) is 41.8 Å². The number of amides is 1. The molecule has 0 bridgehead atoms. The number of benzene rings is 2. The first-order valence-corrected chi connectivity index (χ1v) is 7.89. The van der Waals surface area contributed by atoms with Gasteiger partial charge in [-0.05, 0) is 47.7 Å². The van der Waals surface area contributed by atoms with Crippen molar-refractivity contribution >= 4 is 5.91 Å². The van der Waals surface area contributed by atoms with E-state index in [0.29, 0.717) is 5.75 Å². The molecule has 118 valence electrons. The molecule has 1 unspecified atom stereocenters. The highest BCUT2D eigenvalue weighted by Gasteiger charge is 2.39. The quantitative estimate of drug-likeness (QED) is 0.855. The van der Waals surface area contributed by atoms with Crippen molar-refractivity contribution in [3.63, 3.8) is 0 Å². The number of fused-ring (bicyclic) bond motifs is 5. The van der Waals surface area contributed by atoms with Gasteiger partial charge in [-0.1, -0.05) is 18.2 Å². The van der Waals surface area contributed by atoms with E-state index in [2.05, 4.69) is 12.1 Å². The standard InChI is InChI=1S/C19H19NO3/c1-22-16-10-12-6-5-9-20-18(15(12)11-17(16)23-2)13-7-3-4-8-14(13)19(20)21/h3-4,7-8,10-11,18H,5-6,9H2,1-2H3. The molecular formula is C19H19NO3. The van der Waals surface area contributed by atoms with Crippen LogP contribution in [-0.2, 0) is 6.42 Å².